The van der Waals surface area contributed by atoms with E-state index in [0.29, 0.717) is 5.91 Å². The van der Waals surface area contributed by atoms with E-state index in [1.54, 1.807) is 6.20 Å². The maximum atomic E-state index is 13.0. The van der Waals surface area contributed by atoms with Gasteiger partial charge in [-0.15, -0.1) is 0 Å². The maximum Gasteiger partial charge on any atom is 0.226 e. The van der Waals surface area contributed by atoms with Crippen LogP contribution in [-0.4, -0.2) is 32.7 Å². The molecule has 4 rings (SSSR count). The Morgan fingerprint density at radius 1 is 1.25 bits per heavy atom. The number of hydrogen-bond donors (Lipinski definition) is 1. The summed E-state index contributed by atoms with van der Waals surface area (Å²) in [7, 11) is 0. The molecule has 1 unspecified atom stereocenters. The Hall–Kier alpha value is -2.11. The molecular formula is C18H24N4O2. The Balaban J connectivity index is 1.64. The number of likely N-dealkylation sites (tertiary alicyclic amines) is 1. The van der Waals surface area contributed by atoms with Crippen LogP contribution >= 0.6 is 0 Å². The third-order valence-electron chi connectivity index (χ3n) is 5.39. The topological polar surface area (TPSA) is 75.0 Å². The number of carbonyl (C=O) groups is 1. The van der Waals surface area contributed by atoms with Crippen LogP contribution in [0.4, 0.5) is 0 Å². The summed E-state index contributed by atoms with van der Waals surface area (Å²) in [5.41, 5.74) is 2.75. The number of aromatic amines is 1. The van der Waals surface area contributed by atoms with E-state index in [4.69, 9.17) is 4.52 Å². The number of piperidine rings is 1. The van der Waals surface area contributed by atoms with Crippen molar-refractivity contribution in [1.82, 2.24) is 20.3 Å². The number of nitrogens with zero attached hydrogens (tertiary/aromatic N) is 3. The highest BCUT2D eigenvalue weighted by Gasteiger charge is 2.35. The first-order chi connectivity index (χ1) is 11.7. The molecule has 1 saturated carbocycles. The highest BCUT2D eigenvalue weighted by Crippen LogP contribution is 2.38. The molecule has 2 aromatic rings. The average Bonchev–Trinajstić information content (AvgIpc) is 3.35. The second-order valence-electron chi connectivity index (χ2n) is 7.05. The number of amides is 1. The maximum absolute atomic E-state index is 13.0. The Bertz CT molecular complexity index is 714. The van der Waals surface area contributed by atoms with Crippen molar-refractivity contribution < 1.29 is 9.32 Å². The number of aromatic nitrogens is 3. The summed E-state index contributed by atoms with van der Waals surface area (Å²) in [6, 6.07) is 1.98. The van der Waals surface area contributed by atoms with E-state index in [0.717, 1.165) is 61.4 Å². The van der Waals surface area contributed by atoms with Gasteiger partial charge in [-0.2, -0.15) is 5.10 Å². The molecule has 1 aliphatic carbocycles. The van der Waals surface area contributed by atoms with Crippen LogP contribution in [0.2, 0.25) is 0 Å². The fraction of sp³-hybridized carbons (Fsp3) is 0.611. The molecule has 0 aromatic carbocycles. The highest BCUT2D eigenvalue weighted by atomic mass is 16.5. The molecule has 3 heterocycles. The first-order valence-corrected chi connectivity index (χ1v) is 9.01. The molecule has 1 aliphatic heterocycles. The average molecular weight is 328 g/mol. The zero-order valence-corrected chi connectivity index (χ0v) is 14.1. The quantitative estimate of drug-likeness (QED) is 0.934. The monoisotopic (exact) mass is 328 g/mol. The molecule has 1 N–H and O–H groups in total. The van der Waals surface area contributed by atoms with Crippen molar-refractivity contribution in [3.63, 3.8) is 0 Å². The van der Waals surface area contributed by atoms with E-state index < -0.39 is 0 Å². The largest absolute Gasteiger partial charge is 0.356 e. The van der Waals surface area contributed by atoms with Crippen molar-refractivity contribution in [2.75, 3.05) is 6.54 Å². The summed E-state index contributed by atoms with van der Waals surface area (Å²) in [5, 5.41) is 11.3. The van der Waals surface area contributed by atoms with Gasteiger partial charge < -0.3 is 9.42 Å². The molecule has 1 amide bonds. The number of aryl methyl sites for hydroxylation is 1. The third-order valence-corrected chi connectivity index (χ3v) is 5.39. The van der Waals surface area contributed by atoms with Gasteiger partial charge in [-0.25, -0.2) is 0 Å². The number of rotatable bonds is 3. The Morgan fingerprint density at radius 2 is 2.04 bits per heavy atom. The molecule has 2 aliphatic rings. The molecule has 6 heteroatoms. The van der Waals surface area contributed by atoms with E-state index in [1.807, 2.05) is 13.0 Å². The van der Waals surface area contributed by atoms with Crippen LogP contribution in [0.15, 0.2) is 16.8 Å². The summed E-state index contributed by atoms with van der Waals surface area (Å²) < 4.78 is 5.42. The van der Waals surface area contributed by atoms with Gasteiger partial charge >= 0.3 is 0 Å². The van der Waals surface area contributed by atoms with Gasteiger partial charge in [-0.1, -0.05) is 18.0 Å². The molecule has 2 aromatic heterocycles. The zero-order chi connectivity index (χ0) is 16.5. The van der Waals surface area contributed by atoms with Crippen LogP contribution in [0.1, 0.15) is 62.4 Å². The smallest absolute Gasteiger partial charge is 0.226 e. The standard InChI is InChI=1S/C18H24N4O2/c1-12-10-16(24-21-12)14-11-19-20-17(14)15-8-4-5-9-22(15)18(23)13-6-2-3-7-13/h10-11,13,15H,2-9H2,1H3,(H,19,20). The third kappa shape index (κ3) is 2.74. The van der Waals surface area contributed by atoms with Crippen LogP contribution in [0.3, 0.4) is 0 Å². The zero-order valence-electron chi connectivity index (χ0n) is 14.1. The summed E-state index contributed by atoms with van der Waals surface area (Å²) in [4.78, 5) is 15.1. The normalized spacial score (nSPS) is 22.2. The summed E-state index contributed by atoms with van der Waals surface area (Å²) in [6.07, 6.45) is 9.41. The van der Waals surface area contributed by atoms with Crippen LogP contribution in [0.5, 0.6) is 0 Å². The molecule has 2 fully saturated rings. The minimum absolute atomic E-state index is 0.0646. The second kappa shape index (κ2) is 6.42. The Labute approximate surface area is 141 Å². The molecule has 128 valence electrons. The van der Waals surface area contributed by atoms with Crippen molar-refractivity contribution in [2.24, 2.45) is 5.92 Å². The van der Waals surface area contributed by atoms with Gasteiger partial charge in [0.15, 0.2) is 5.76 Å². The molecular weight excluding hydrogens is 304 g/mol. The van der Waals surface area contributed by atoms with Gasteiger partial charge in [0, 0.05) is 18.5 Å². The van der Waals surface area contributed by atoms with Gasteiger partial charge in [0.05, 0.1) is 29.2 Å². The molecule has 0 spiro atoms. The number of carbonyl (C=O) groups excluding carboxylic acids is 1. The van der Waals surface area contributed by atoms with Gasteiger partial charge in [-0.05, 0) is 39.0 Å². The number of hydrogen-bond acceptors (Lipinski definition) is 4. The minimum atomic E-state index is 0.0646. The first kappa shape index (κ1) is 15.4. The minimum Gasteiger partial charge on any atom is -0.356 e. The van der Waals surface area contributed by atoms with Crippen molar-refractivity contribution >= 4 is 5.91 Å². The van der Waals surface area contributed by atoms with Gasteiger partial charge in [-0.3, -0.25) is 9.89 Å². The Morgan fingerprint density at radius 3 is 2.79 bits per heavy atom. The van der Waals surface area contributed by atoms with Crippen LogP contribution in [0.25, 0.3) is 11.3 Å². The van der Waals surface area contributed by atoms with Crippen molar-refractivity contribution in [3.05, 3.63) is 23.7 Å². The van der Waals surface area contributed by atoms with Crippen molar-refractivity contribution in [2.45, 2.75) is 57.9 Å². The molecule has 1 atom stereocenters. The molecule has 0 bridgehead atoms. The highest BCUT2D eigenvalue weighted by molar-refractivity contribution is 5.80. The summed E-state index contributed by atoms with van der Waals surface area (Å²) in [6.45, 7) is 2.75. The molecule has 1 saturated heterocycles. The lowest BCUT2D eigenvalue weighted by atomic mass is 9.94. The molecule has 24 heavy (non-hydrogen) atoms. The fourth-order valence-corrected chi connectivity index (χ4v) is 4.14. The lowest BCUT2D eigenvalue weighted by Crippen LogP contribution is -2.41. The first-order valence-electron chi connectivity index (χ1n) is 9.01. The van der Waals surface area contributed by atoms with Crippen molar-refractivity contribution in [1.29, 1.82) is 0 Å². The van der Waals surface area contributed by atoms with Crippen molar-refractivity contribution in [3.8, 4) is 11.3 Å². The summed E-state index contributed by atoms with van der Waals surface area (Å²) >= 11 is 0. The van der Waals surface area contributed by atoms with E-state index in [1.165, 1.54) is 12.8 Å². The lowest BCUT2D eigenvalue weighted by Gasteiger charge is -2.37. The second-order valence-corrected chi connectivity index (χ2v) is 7.05. The predicted octanol–water partition coefficient (Wildman–Crippen LogP) is 3.62. The molecule has 6 nitrogen and oxygen atoms in total. The molecule has 0 radical (unpaired) electrons. The van der Waals surface area contributed by atoms with Crippen LogP contribution in [0, 0.1) is 12.8 Å². The number of H-pyrrole nitrogens is 1. The Kier molecular flexibility index (Phi) is 4.12. The predicted molar refractivity (Wildman–Crippen MR) is 89.1 cm³/mol. The van der Waals surface area contributed by atoms with E-state index in [9.17, 15) is 4.79 Å². The summed E-state index contributed by atoms with van der Waals surface area (Å²) in [5.74, 6) is 1.26. The van der Waals surface area contributed by atoms with Crippen LogP contribution < -0.4 is 0 Å². The lowest BCUT2D eigenvalue weighted by molar-refractivity contribution is -0.139. The fourth-order valence-electron chi connectivity index (χ4n) is 4.14. The van der Waals surface area contributed by atoms with Crippen LogP contribution in [-0.2, 0) is 4.79 Å². The number of nitrogens with one attached hydrogen (secondary N) is 1. The van der Waals surface area contributed by atoms with Gasteiger partial charge in [0.25, 0.3) is 0 Å². The van der Waals surface area contributed by atoms with E-state index in [2.05, 4.69) is 20.3 Å². The van der Waals surface area contributed by atoms with Gasteiger partial charge in [0.2, 0.25) is 5.91 Å². The van der Waals surface area contributed by atoms with E-state index in [-0.39, 0.29) is 12.0 Å². The van der Waals surface area contributed by atoms with Gasteiger partial charge in [0.1, 0.15) is 0 Å². The van der Waals surface area contributed by atoms with E-state index >= 15 is 0 Å². The SMILES string of the molecule is Cc1cc(-c2cn[nH]c2C2CCCCN2C(=O)C2CCCC2)on1.